The van der Waals surface area contributed by atoms with Crippen LogP contribution in [0.1, 0.15) is 18.9 Å². The summed E-state index contributed by atoms with van der Waals surface area (Å²) in [5.41, 5.74) is -0.569. The van der Waals surface area contributed by atoms with Gasteiger partial charge in [-0.3, -0.25) is 10.1 Å². The largest absolute Gasteiger partial charge is 0.389 e. The Morgan fingerprint density at radius 2 is 2.00 bits per heavy atom. The Labute approximate surface area is 117 Å². The molecule has 1 aromatic rings. The maximum atomic E-state index is 12.2. The van der Waals surface area contributed by atoms with Gasteiger partial charge in [0.2, 0.25) is 10.0 Å². The van der Waals surface area contributed by atoms with Crippen molar-refractivity contribution < 1.29 is 18.4 Å². The van der Waals surface area contributed by atoms with Crippen LogP contribution >= 0.6 is 0 Å². The molecule has 7 nitrogen and oxygen atoms in total. The molecule has 2 rings (SSSR count). The van der Waals surface area contributed by atoms with E-state index < -0.39 is 20.5 Å². The molecule has 1 heterocycles. The lowest BCUT2D eigenvalue weighted by atomic mass is 10.1. The highest BCUT2D eigenvalue weighted by molar-refractivity contribution is 7.88. The van der Waals surface area contributed by atoms with Gasteiger partial charge in [-0.05, 0) is 18.9 Å². The van der Waals surface area contributed by atoms with Crippen molar-refractivity contribution in [2.75, 3.05) is 13.1 Å². The minimum absolute atomic E-state index is 0.0738. The lowest BCUT2D eigenvalue weighted by molar-refractivity contribution is -0.384. The molecule has 110 valence electrons. The highest BCUT2D eigenvalue weighted by Crippen LogP contribution is 2.25. The van der Waals surface area contributed by atoms with E-state index >= 15 is 0 Å². The van der Waals surface area contributed by atoms with Crippen LogP contribution in [-0.2, 0) is 15.8 Å². The lowest BCUT2D eigenvalue weighted by Crippen LogP contribution is -2.34. The highest BCUT2D eigenvalue weighted by atomic mass is 32.2. The average Bonchev–Trinajstić information content (AvgIpc) is 2.70. The third-order valence-corrected chi connectivity index (χ3v) is 5.10. The molecule has 0 aromatic heterocycles. The zero-order valence-corrected chi connectivity index (χ0v) is 11.8. The molecule has 0 spiro atoms. The van der Waals surface area contributed by atoms with Crippen LogP contribution in [0.5, 0.6) is 0 Å². The first kappa shape index (κ1) is 14.9. The van der Waals surface area contributed by atoms with Gasteiger partial charge in [-0.15, -0.1) is 0 Å². The summed E-state index contributed by atoms with van der Waals surface area (Å²) in [7, 11) is -3.51. The van der Waals surface area contributed by atoms with E-state index in [2.05, 4.69) is 0 Å². The number of rotatable bonds is 4. The van der Waals surface area contributed by atoms with Gasteiger partial charge in [-0.25, -0.2) is 8.42 Å². The van der Waals surface area contributed by atoms with E-state index in [1.54, 1.807) is 6.92 Å². The second-order valence-electron chi connectivity index (χ2n) is 5.26. The minimum atomic E-state index is -3.51. The summed E-state index contributed by atoms with van der Waals surface area (Å²) in [5, 5.41) is 20.3. The molecule has 0 amide bonds. The third kappa shape index (κ3) is 3.33. The van der Waals surface area contributed by atoms with Crippen molar-refractivity contribution in [1.82, 2.24) is 4.31 Å². The zero-order chi connectivity index (χ0) is 15.0. The van der Waals surface area contributed by atoms with Crippen molar-refractivity contribution in [1.29, 1.82) is 0 Å². The Bertz CT molecular complexity index is 609. The molecule has 1 N–H and O–H groups in total. The molecule has 20 heavy (non-hydrogen) atoms. The van der Waals surface area contributed by atoms with E-state index in [4.69, 9.17) is 0 Å². The second kappa shape index (κ2) is 5.12. The van der Waals surface area contributed by atoms with Crippen LogP contribution in [0.15, 0.2) is 24.3 Å². The van der Waals surface area contributed by atoms with E-state index in [1.807, 2.05) is 0 Å². The lowest BCUT2D eigenvalue weighted by Gasteiger charge is -2.18. The van der Waals surface area contributed by atoms with Crippen molar-refractivity contribution in [3.05, 3.63) is 39.9 Å². The number of sulfonamides is 1. The Hall–Kier alpha value is -1.51. The third-order valence-electron chi connectivity index (χ3n) is 3.31. The summed E-state index contributed by atoms with van der Waals surface area (Å²) >= 11 is 0. The highest BCUT2D eigenvalue weighted by Gasteiger charge is 2.37. The fourth-order valence-electron chi connectivity index (χ4n) is 2.16. The summed E-state index contributed by atoms with van der Waals surface area (Å²) < 4.78 is 25.6. The summed E-state index contributed by atoms with van der Waals surface area (Å²) in [6, 6.07) is 5.43. The van der Waals surface area contributed by atoms with E-state index in [0.717, 1.165) is 0 Å². The number of hydrogen-bond donors (Lipinski definition) is 1. The smallest absolute Gasteiger partial charge is 0.269 e. The molecule has 1 aliphatic heterocycles. The summed E-state index contributed by atoms with van der Waals surface area (Å²) in [6.45, 7) is 1.99. The first-order valence-electron chi connectivity index (χ1n) is 6.13. The molecule has 1 fully saturated rings. The number of nitro benzene ring substituents is 1. The topological polar surface area (TPSA) is 101 Å². The quantitative estimate of drug-likeness (QED) is 0.657. The Balaban J connectivity index is 2.11. The number of non-ortho nitro benzene ring substituents is 1. The van der Waals surface area contributed by atoms with Crippen molar-refractivity contribution in [2.24, 2.45) is 0 Å². The van der Waals surface area contributed by atoms with Crippen molar-refractivity contribution in [2.45, 2.75) is 24.7 Å². The van der Waals surface area contributed by atoms with Gasteiger partial charge >= 0.3 is 0 Å². The molecule has 1 atom stereocenters. The van der Waals surface area contributed by atoms with Crippen LogP contribution in [0.4, 0.5) is 5.69 Å². The van der Waals surface area contributed by atoms with Crippen LogP contribution in [0.2, 0.25) is 0 Å². The van der Waals surface area contributed by atoms with Gasteiger partial charge in [0, 0.05) is 25.2 Å². The Morgan fingerprint density at radius 1 is 1.40 bits per heavy atom. The first-order chi connectivity index (χ1) is 9.20. The van der Waals surface area contributed by atoms with Crippen molar-refractivity contribution in [3.8, 4) is 0 Å². The molecule has 1 unspecified atom stereocenters. The monoisotopic (exact) mass is 300 g/mol. The molecule has 1 aliphatic rings. The van der Waals surface area contributed by atoms with E-state index in [0.29, 0.717) is 18.5 Å². The average molecular weight is 300 g/mol. The number of nitrogens with zero attached hydrogens (tertiary/aromatic N) is 2. The molecule has 8 heteroatoms. The molecule has 0 saturated carbocycles. The molecule has 0 aliphatic carbocycles. The Kier molecular flexibility index (Phi) is 3.81. The van der Waals surface area contributed by atoms with Gasteiger partial charge in [0.1, 0.15) is 0 Å². The fraction of sp³-hybridized carbons (Fsp3) is 0.500. The molecule has 0 radical (unpaired) electrons. The number of hydrogen-bond acceptors (Lipinski definition) is 5. The number of nitro groups is 1. The predicted molar refractivity (Wildman–Crippen MR) is 72.5 cm³/mol. The maximum absolute atomic E-state index is 12.2. The van der Waals surface area contributed by atoms with Crippen molar-refractivity contribution in [3.63, 3.8) is 0 Å². The van der Waals surface area contributed by atoms with Crippen LogP contribution in [0.25, 0.3) is 0 Å². The van der Waals surface area contributed by atoms with E-state index in [-0.39, 0.29) is 18.0 Å². The van der Waals surface area contributed by atoms with Gasteiger partial charge in [0.15, 0.2) is 0 Å². The van der Waals surface area contributed by atoms with Crippen LogP contribution in [0, 0.1) is 10.1 Å². The number of aliphatic hydroxyl groups is 1. The van der Waals surface area contributed by atoms with E-state index in [1.165, 1.54) is 28.6 Å². The van der Waals surface area contributed by atoms with Crippen LogP contribution in [-0.4, -0.2) is 41.4 Å². The molecule has 0 bridgehead atoms. The SMILES string of the molecule is CC1(O)CCN(S(=O)(=O)Cc2ccc([N+](=O)[O-])cc2)C1. The zero-order valence-electron chi connectivity index (χ0n) is 11.0. The summed E-state index contributed by atoms with van der Waals surface area (Å²) in [6.07, 6.45) is 0.409. The number of β-amino-alcohol motifs (C(OH)–C–C–N with tert-alkyl or cyclic N) is 1. The molecular formula is C12H16N2O5S. The van der Waals surface area contributed by atoms with Gasteiger partial charge in [-0.2, -0.15) is 4.31 Å². The minimum Gasteiger partial charge on any atom is -0.389 e. The van der Waals surface area contributed by atoms with Gasteiger partial charge < -0.3 is 5.11 Å². The molecule has 1 aromatic carbocycles. The van der Waals surface area contributed by atoms with Crippen LogP contribution in [0.3, 0.4) is 0 Å². The van der Waals surface area contributed by atoms with Crippen molar-refractivity contribution >= 4 is 15.7 Å². The molecular weight excluding hydrogens is 284 g/mol. The normalized spacial score (nSPS) is 23.9. The first-order valence-corrected chi connectivity index (χ1v) is 7.74. The fourth-order valence-corrected chi connectivity index (χ4v) is 3.80. The summed E-state index contributed by atoms with van der Waals surface area (Å²) in [5.74, 6) is -0.221. The van der Waals surface area contributed by atoms with Gasteiger partial charge in [-0.1, -0.05) is 12.1 Å². The predicted octanol–water partition coefficient (Wildman–Crippen LogP) is 0.881. The van der Waals surface area contributed by atoms with Crippen LogP contribution < -0.4 is 0 Å². The maximum Gasteiger partial charge on any atom is 0.269 e. The Morgan fingerprint density at radius 3 is 2.45 bits per heavy atom. The molecule has 1 saturated heterocycles. The summed E-state index contributed by atoms with van der Waals surface area (Å²) in [4.78, 5) is 10.00. The number of benzene rings is 1. The van der Waals surface area contributed by atoms with Gasteiger partial charge in [0.25, 0.3) is 5.69 Å². The second-order valence-corrected chi connectivity index (χ2v) is 7.23. The standard InChI is InChI=1S/C12H16N2O5S/c1-12(15)6-7-13(9-12)20(18,19)8-10-2-4-11(5-3-10)14(16)17/h2-5,15H,6-9H2,1H3. The van der Waals surface area contributed by atoms with Gasteiger partial charge in [0.05, 0.1) is 16.3 Å². The van der Waals surface area contributed by atoms with E-state index in [9.17, 15) is 23.6 Å².